The normalized spacial score (nSPS) is 10.6. The predicted octanol–water partition coefficient (Wildman–Crippen LogP) is 6.45. The van der Waals surface area contributed by atoms with Gasteiger partial charge in [0.05, 0.1) is 0 Å². The van der Waals surface area contributed by atoms with E-state index in [1.807, 2.05) is 0 Å². The zero-order chi connectivity index (χ0) is 15.9. The van der Waals surface area contributed by atoms with Crippen LogP contribution in [0.5, 0.6) is 0 Å². The van der Waals surface area contributed by atoms with Gasteiger partial charge in [-0.15, -0.1) is 0 Å². The molecule has 0 aliphatic carbocycles. The van der Waals surface area contributed by atoms with Gasteiger partial charge >= 0.3 is 0 Å². The van der Waals surface area contributed by atoms with Gasteiger partial charge in [0.25, 0.3) is 0 Å². The fraction of sp³-hybridized carbons (Fsp3) is 0.700. The molecule has 0 spiro atoms. The van der Waals surface area contributed by atoms with Crippen molar-refractivity contribution in [1.29, 1.82) is 0 Å². The van der Waals surface area contributed by atoms with Crippen molar-refractivity contribution in [2.24, 2.45) is 0 Å². The van der Waals surface area contributed by atoms with Gasteiger partial charge in [0.2, 0.25) is 0 Å². The van der Waals surface area contributed by atoms with Crippen LogP contribution in [0.4, 0.5) is 11.4 Å². The van der Waals surface area contributed by atoms with E-state index in [2.05, 4.69) is 48.7 Å². The Kier molecular flexibility index (Phi) is 11.6. The first kappa shape index (κ1) is 18.9. The second-order valence-electron chi connectivity index (χ2n) is 6.26. The maximum atomic E-state index is 3.51. The molecule has 0 bridgehead atoms. The molecule has 0 heterocycles. The lowest BCUT2D eigenvalue weighted by molar-refractivity contribution is 0.645. The van der Waals surface area contributed by atoms with Crippen molar-refractivity contribution >= 4 is 11.4 Å². The highest BCUT2D eigenvalue weighted by atomic mass is 14.9. The summed E-state index contributed by atoms with van der Waals surface area (Å²) in [4.78, 5) is 0. The largest absolute Gasteiger partial charge is 0.385 e. The van der Waals surface area contributed by atoms with Crippen LogP contribution in [0.2, 0.25) is 0 Å². The van der Waals surface area contributed by atoms with Crippen LogP contribution in [0.3, 0.4) is 0 Å². The average Bonchev–Trinajstić information content (AvgIpc) is 2.55. The SMILES string of the molecule is CCCCCCCNc1ccc(NCCCCCCC)cc1. The minimum Gasteiger partial charge on any atom is -0.385 e. The second kappa shape index (κ2) is 13.5. The first-order valence-electron chi connectivity index (χ1n) is 9.44. The fourth-order valence-electron chi connectivity index (χ4n) is 2.63. The molecule has 0 amide bonds. The Morgan fingerprint density at radius 1 is 0.545 bits per heavy atom. The first-order chi connectivity index (χ1) is 10.9. The van der Waals surface area contributed by atoms with E-state index in [9.17, 15) is 0 Å². The number of hydrogen-bond donors (Lipinski definition) is 2. The monoisotopic (exact) mass is 304 g/mol. The van der Waals surface area contributed by atoms with Crippen LogP contribution >= 0.6 is 0 Å². The molecule has 2 nitrogen and oxygen atoms in total. The Morgan fingerprint density at radius 3 is 1.27 bits per heavy atom. The predicted molar refractivity (Wildman–Crippen MR) is 101 cm³/mol. The van der Waals surface area contributed by atoms with Crippen LogP contribution in [-0.4, -0.2) is 13.1 Å². The van der Waals surface area contributed by atoms with Gasteiger partial charge in [-0.3, -0.25) is 0 Å². The molecule has 0 saturated heterocycles. The minimum atomic E-state index is 1.09. The molecule has 0 aliphatic heterocycles. The number of benzene rings is 1. The van der Waals surface area contributed by atoms with E-state index in [-0.39, 0.29) is 0 Å². The number of anilines is 2. The Morgan fingerprint density at radius 2 is 0.909 bits per heavy atom. The zero-order valence-corrected chi connectivity index (χ0v) is 14.8. The Bertz CT molecular complexity index is 310. The molecule has 0 aromatic heterocycles. The van der Waals surface area contributed by atoms with E-state index in [4.69, 9.17) is 0 Å². The highest BCUT2D eigenvalue weighted by Gasteiger charge is 1.95. The Hall–Kier alpha value is -1.18. The van der Waals surface area contributed by atoms with Crippen molar-refractivity contribution in [3.8, 4) is 0 Å². The van der Waals surface area contributed by atoms with E-state index >= 15 is 0 Å². The molecule has 0 atom stereocenters. The molecule has 0 radical (unpaired) electrons. The molecule has 2 heteroatoms. The maximum Gasteiger partial charge on any atom is 0.0341 e. The van der Waals surface area contributed by atoms with E-state index in [0.717, 1.165) is 13.1 Å². The quantitative estimate of drug-likeness (QED) is 0.386. The van der Waals surface area contributed by atoms with Gasteiger partial charge in [0.1, 0.15) is 0 Å². The molecule has 1 aromatic rings. The van der Waals surface area contributed by atoms with Crippen molar-refractivity contribution in [1.82, 2.24) is 0 Å². The number of hydrogen-bond acceptors (Lipinski definition) is 2. The highest BCUT2D eigenvalue weighted by molar-refractivity contribution is 5.53. The molecular weight excluding hydrogens is 268 g/mol. The van der Waals surface area contributed by atoms with E-state index in [1.165, 1.54) is 75.6 Å². The molecular formula is C20H36N2. The lowest BCUT2D eigenvalue weighted by atomic mass is 10.1. The topological polar surface area (TPSA) is 24.1 Å². The van der Waals surface area contributed by atoms with E-state index < -0.39 is 0 Å². The summed E-state index contributed by atoms with van der Waals surface area (Å²) in [7, 11) is 0. The van der Waals surface area contributed by atoms with Gasteiger partial charge in [-0.05, 0) is 37.1 Å². The zero-order valence-electron chi connectivity index (χ0n) is 14.8. The summed E-state index contributed by atoms with van der Waals surface area (Å²) < 4.78 is 0. The van der Waals surface area contributed by atoms with E-state index in [1.54, 1.807) is 0 Å². The molecule has 126 valence electrons. The summed E-state index contributed by atoms with van der Waals surface area (Å²) in [5.74, 6) is 0. The second-order valence-corrected chi connectivity index (χ2v) is 6.26. The van der Waals surface area contributed by atoms with Crippen LogP contribution in [0.1, 0.15) is 78.1 Å². The molecule has 1 rings (SSSR count). The molecule has 1 aromatic carbocycles. The van der Waals surface area contributed by atoms with Crippen molar-refractivity contribution in [3.05, 3.63) is 24.3 Å². The van der Waals surface area contributed by atoms with Gasteiger partial charge in [0.15, 0.2) is 0 Å². The number of nitrogens with one attached hydrogen (secondary N) is 2. The van der Waals surface area contributed by atoms with Crippen LogP contribution < -0.4 is 10.6 Å². The van der Waals surface area contributed by atoms with Crippen molar-refractivity contribution in [2.45, 2.75) is 78.1 Å². The van der Waals surface area contributed by atoms with Crippen LogP contribution in [0.25, 0.3) is 0 Å². The van der Waals surface area contributed by atoms with Crippen LogP contribution in [-0.2, 0) is 0 Å². The summed E-state index contributed by atoms with van der Waals surface area (Å²) in [6, 6.07) is 8.74. The van der Waals surface area contributed by atoms with Gasteiger partial charge in [0, 0.05) is 24.5 Å². The number of unbranched alkanes of at least 4 members (excludes halogenated alkanes) is 8. The van der Waals surface area contributed by atoms with Crippen molar-refractivity contribution in [2.75, 3.05) is 23.7 Å². The third kappa shape index (κ3) is 9.70. The lowest BCUT2D eigenvalue weighted by Gasteiger charge is -2.09. The molecule has 22 heavy (non-hydrogen) atoms. The molecule has 0 fully saturated rings. The third-order valence-corrected chi connectivity index (χ3v) is 4.10. The van der Waals surface area contributed by atoms with Gasteiger partial charge in [-0.2, -0.15) is 0 Å². The van der Waals surface area contributed by atoms with Gasteiger partial charge < -0.3 is 10.6 Å². The molecule has 0 unspecified atom stereocenters. The maximum absolute atomic E-state index is 3.51. The molecule has 0 saturated carbocycles. The summed E-state index contributed by atoms with van der Waals surface area (Å²) >= 11 is 0. The fourth-order valence-corrected chi connectivity index (χ4v) is 2.63. The summed E-state index contributed by atoms with van der Waals surface area (Å²) in [5, 5.41) is 7.02. The third-order valence-electron chi connectivity index (χ3n) is 4.10. The average molecular weight is 305 g/mol. The number of rotatable bonds is 14. The van der Waals surface area contributed by atoms with Crippen LogP contribution in [0.15, 0.2) is 24.3 Å². The standard InChI is InChI=1S/C20H36N2/c1-3-5-7-9-11-17-21-19-13-15-20(16-14-19)22-18-12-10-8-6-4-2/h13-16,21-22H,3-12,17-18H2,1-2H3. The Balaban J connectivity index is 2.07. The van der Waals surface area contributed by atoms with Gasteiger partial charge in [-0.1, -0.05) is 65.2 Å². The first-order valence-corrected chi connectivity index (χ1v) is 9.44. The van der Waals surface area contributed by atoms with Crippen molar-refractivity contribution in [3.63, 3.8) is 0 Å². The smallest absolute Gasteiger partial charge is 0.0341 e. The summed E-state index contributed by atoms with van der Waals surface area (Å²) in [6.07, 6.45) is 13.4. The van der Waals surface area contributed by atoms with Crippen LogP contribution in [0, 0.1) is 0 Å². The van der Waals surface area contributed by atoms with Crippen molar-refractivity contribution < 1.29 is 0 Å². The highest BCUT2D eigenvalue weighted by Crippen LogP contribution is 2.14. The minimum absolute atomic E-state index is 1.09. The Labute approximate surface area is 138 Å². The van der Waals surface area contributed by atoms with Gasteiger partial charge in [-0.25, -0.2) is 0 Å². The molecule has 2 N–H and O–H groups in total. The van der Waals surface area contributed by atoms with E-state index in [0.29, 0.717) is 0 Å². The summed E-state index contributed by atoms with van der Waals surface area (Å²) in [6.45, 7) is 6.71. The summed E-state index contributed by atoms with van der Waals surface area (Å²) in [5.41, 5.74) is 2.48. The molecule has 0 aliphatic rings. The lowest BCUT2D eigenvalue weighted by Crippen LogP contribution is -2.03.